The number of halogens is 2. The molecule has 0 fully saturated rings. The first-order valence-corrected chi connectivity index (χ1v) is 3.98. The van der Waals surface area contributed by atoms with Crippen molar-refractivity contribution in [3.05, 3.63) is 33.8 Å². The molecule has 5 heteroatoms. The second-order valence-corrected chi connectivity index (χ2v) is 2.95. The number of hydrogen-bond acceptors (Lipinski definition) is 2. The average Bonchev–Trinajstić information content (AvgIpc) is 2.10. The van der Waals surface area contributed by atoms with Gasteiger partial charge in [0, 0.05) is 5.56 Å². The van der Waals surface area contributed by atoms with Crippen molar-refractivity contribution in [3.63, 3.8) is 0 Å². The largest absolute Gasteiger partial charge is 0.287 e. The van der Waals surface area contributed by atoms with Gasteiger partial charge in [0.15, 0.2) is 0 Å². The Morgan fingerprint density at radius 1 is 1.31 bits per heavy atom. The van der Waals surface area contributed by atoms with E-state index in [1.54, 1.807) is 0 Å². The molecule has 0 aliphatic carbocycles. The van der Waals surface area contributed by atoms with E-state index in [0.717, 1.165) is 6.08 Å². The van der Waals surface area contributed by atoms with Gasteiger partial charge < -0.3 is 0 Å². The maximum Gasteiger partial charge on any atom is 0.287 e. The molecule has 0 aliphatic rings. The monoisotopic (exact) mass is 215 g/mol. The maximum atomic E-state index is 11.0. The number of rotatable bonds is 1. The number of benzene rings is 1. The van der Waals surface area contributed by atoms with Crippen molar-refractivity contribution in [2.45, 2.75) is 0 Å². The lowest BCUT2D eigenvalue weighted by molar-refractivity contribution is 0.100. The van der Waals surface area contributed by atoms with E-state index in [1.165, 1.54) is 18.2 Å². The highest BCUT2D eigenvalue weighted by atomic mass is 35.5. The Labute approximate surface area is 84.0 Å². The molecule has 0 aliphatic heterocycles. The zero-order valence-electron chi connectivity index (χ0n) is 6.25. The molecule has 0 radical (unpaired) electrons. The summed E-state index contributed by atoms with van der Waals surface area (Å²) < 4.78 is 0. The number of isocyanates is 1. The summed E-state index contributed by atoms with van der Waals surface area (Å²) in [6.07, 6.45) is 1.15. The summed E-state index contributed by atoms with van der Waals surface area (Å²) in [6, 6.07) is 4.22. The van der Waals surface area contributed by atoms with Crippen LogP contribution in [0.1, 0.15) is 10.4 Å². The van der Waals surface area contributed by atoms with E-state index in [9.17, 15) is 9.59 Å². The molecule has 0 saturated carbocycles. The van der Waals surface area contributed by atoms with E-state index in [4.69, 9.17) is 23.2 Å². The predicted molar refractivity (Wildman–Crippen MR) is 48.9 cm³/mol. The van der Waals surface area contributed by atoms with Crippen molar-refractivity contribution < 1.29 is 9.59 Å². The summed E-state index contributed by atoms with van der Waals surface area (Å²) in [5, 5.41) is 0.585. The second kappa shape index (κ2) is 4.19. The third kappa shape index (κ3) is 2.39. The molecule has 13 heavy (non-hydrogen) atoms. The maximum absolute atomic E-state index is 11.0. The van der Waals surface area contributed by atoms with Gasteiger partial charge in [-0.15, -0.1) is 4.99 Å². The Hall–Kier alpha value is -1.15. The minimum absolute atomic E-state index is 0.206. The van der Waals surface area contributed by atoms with Crippen LogP contribution < -0.4 is 0 Å². The summed E-state index contributed by atoms with van der Waals surface area (Å²) in [7, 11) is 0. The first kappa shape index (κ1) is 9.93. The quantitative estimate of drug-likeness (QED) is 0.534. The molecule has 1 amide bonds. The van der Waals surface area contributed by atoms with Gasteiger partial charge in [-0.05, 0) is 18.2 Å². The van der Waals surface area contributed by atoms with Crippen LogP contribution in [0.15, 0.2) is 23.2 Å². The van der Waals surface area contributed by atoms with Crippen molar-refractivity contribution in [2.75, 3.05) is 0 Å². The first-order valence-electron chi connectivity index (χ1n) is 3.22. The minimum atomic E-state index is -0.687. The van der Waals surface area contributed by atoms with Gasteiger partial charge in [-0.1, -0.05) is 23.2 Å². The Morgan fingerprint density at radius 2 is 2.00 bits per heavy atom. The Balaban J connectivity index is 3.10. The van der Waals surface area contributed by atoms with Crippen molar-refractivity contribution in [3.8, 4) is 0 Å². The van der Waals surface area contributed by atoms with Crippen LogP contribution in [0.4, 0.5) is 0 Å². The van der Waals surface area contributed by atoms with E-state index in [1.807, 2.05) is 0 Å². The molecule has 0 unspecified atom stereocenters. The highest BCUT2D eigenvalue weighted by Crippen LogP contribution is 2.22. The number of carbonyl (C=O) groups excluding carboxylic acids is 2. The zero-order chi connectivity index (χ0) is 9.84. The lowest BCUT2D eigenvalue weighted by atomic mass is 10.2. The topological polar surface area (TPSA) is 46.5 Å². The third-order valence-electron chi connectivity index (χ3n) is 1.31. The highest BCUT2D eigenvalue weighted by molar-refractivity contribution is 6.42. The van der Waals surface area contributed by atoms with Crippen LogP contribution in [0.3, 0.4) is 0 Å². The van der Waals surface area contributed by atoms with Crippen molar-refractivity contribution in [2.24, 2.45) is 4.99 Å². The fraction of sp³-hybridized carbons (Fsp3) is 0. The van der Waals surface area contributed by atoms with Crippen LogP contribution in [-0.4, -0.2) is 12.0 Å². The lowest BCUT2D eigenvalue weighted by Crippen LogP contribution is -1.93. The molecular weight excluding hydrogens is 213 g/mol. The van der Waals surface area contributed by atoms with Gasteiger partial charge in [-0.25, -0.2) is 4.79 Å². The minimum Gasteiger partial charge on any atom is -0.266 e. The normalized spacial score (nSPS) is 9.08. The molecule has 0 spiro atoms. The molecule has 0 saturated heterocycles. The Morgan fingerprint density at radius 3 is 2.54 bits per heavy atom. The predicted octanol–water partition coefficient (Wildman–Crippen LogP) is 2.47. The molecule has 0 aromatic heterocycles. The van der Waals surface area contributed by atoms with Crippen LogP contribution in [0.2, 0.25) is 10.0 Å². The molecule has 1 aromatic rings. The number of nitrogens with zero attached hydrogens (tertiary/aromatic N) is 1. The van der Waals surface area contributed by atoms with Gasteiger partial charge in [0.05, 0.1) is 10.0 Å². The zero-order valence-corrected chi connectivity index (χ0v) is 7.76. The SMILES string of the molecule is O=C=NC(=O)c1ccc(Cl)c(Cl)c1. The summed E-state index contributed by atoms with van der Waals surface area (Å²) in [6.45, 7) is 0. The summed E-state index contributed by atoms with van der Waals surface area (Å²) >= 11 is 11.2. The van der Waals surface area contributed by atoms with Gasteiger partial charge in [-0.2, -0.15) is 0 Å². The standard InChI is InChI=1S/C8H3Cl2NO2/c9-6-2-1-5(3-7(6)10)8(13)11-4-12/h1-3H. The molecule has 0 heterocycles. The molecule has 1 rings (SSSR count). The third-order valence-corrected chi connectivity index (χ3v) is 2.05. The molecule has 0 atom stereocenters. The van der Waals surface area contributed by atoms with Crippen LogP contribution in [0.25, 0.3) is 0 Å². The molecule has 3 nitrogen and oxygen atoms in total. The van der Waals surface area contributed by atoms with Gasteiger partial charge >= 0.3 is 0 Å². The number of carbonyl (C=O) groups is 1. The van der Waals surface area contributed by atoms with E-state index in [2.05, 4.69) is 4.99 Å². The van der Waals surface area contributed by atoms with Crippen LogP contribution in [0, 0.1) is 0 Å². The molecular formula is C8H3Cl2NO2. The Kier molecular flexibility index (Phi) is 3.20. The summed E-state index contributed by atoms with van der Waals surface area (Å²) in [5.74, 6) is -0.687. The lowest BCUT2D eigenvalue weighted by Gasteiger charge is -1.96. The van der Waals surface area contributed by atoms with Gasteiger partial charge in [0.2, 0.25) is 6.08 Å². The number of amides is 1. The van der Waals surface area contributed by atoms with Crippen molar-refractivity contribution in [1.29, 1.82) is 0 Å². The molecule has 0 N–H and O–H groups in total. The van der Waals surface area contributed by atoms with Crippen LogP contribution in [0.5, 0.6) is 0 Å². The van der Waals surface area contributed by atoms with Gasteiger partial charge in [-0.3, -0.25) is 4.79 Å². The van der Waals surface area contributed by atoms with E-state index >= 15 is 0 Å². The van der Waals surface area contributed by atoms with Gasteiger partial charge in [0.25, 0.3) is 5.91 Å². The highest BCUT2D eigenvalue weighted by Gasteiger charge is 2.05. The smallest absolute Gasteiger partial charge is 0.266 e. The van der Waals surface area contributed by atoms with E-state index in [0.29, 0.717) is 5.02 Å². The first-order chi connectivity index (χ1) is 6.15. The summed E-state index contributed by atoms with van der Waals surface area (Å²) in [4.78, 5) is 23.7. The Bertz CT molecular complexity index is 397. The van der Waals surface area contributed by atoms with Crippen molar-refractivity contribution in [1.82, 2.24) is 0 Å². The molecule has 66 valence electrons. The van der Waals surface area contributed by atoms with Crippen LogP contribution >= 0.6 is 23.2 Å². The number of hydrogen-bond donors (Lipinski definition) is 0. The fourth-order valence-electron chi connectivity index (χ4n) is 0.735. The second-order valence-electron chi connectivity index (χ2n) is 2.14. The van der Waals surface area contributed by atoms with E-state index in [-0.39, 0.29) is 10.6 Å². The van der Waals surface area contributed by atoms with Crippen molar-refractivity contribution >= 4 is 35.2 Å². The number of aliphatic imine (C=N–C) groups is 1. The van der Waals surface area contributed by atoms with E-state index < -0.39 is 5.91 Å². The van der Waals surface area contributed by atoms with Crippen LogP contribution in [-0.2, 0) is 4.79 Å². The fourth-order valence-corrected chi connectivity index (χ4v) is 1.03. The molecule has 1 aromatic carbocycles. The average molecular weight is 216 g/mol. The molecule has 0 bridgehead atoms. The van der Waals surface area contributed by atoms with Gasteiger partial charge in [0.1, 0.15) is 0 Å². The summed E-state index contributed by atoms with van der Waals surface area (Å²) in [5.41, 5.74) is 0.206.